The minimum Gasteiger partial charge on any atom is -0.252 e. The van der Waals surface area contributed by atoms with Crippen LogP contribution in [0.4, 0.5) is 4.39 Å². The zero-order valence-corrected chi connectivity index (χ0v) is 25.7. The van der Waals surface area contributed by atoms with Gasteiger partial charge in [0.2, 0.25) is 0 Å². The smallest absolute Gasteiger partial charge is 0.132 e. The number of rotatable bonds is 9. The van der Waals surface area contributed by atoms with Gasteiger partial charge in [-0.05, 0) is 72.4 Å². The Morgan fingerprint density at radius 2 is 1.40 bits per heavy atom. The molecule has 0 bridgehead atoms. The van der Waals surface area contributed by atoms with E-state index in [9.17, 15) is 4.39 Å². The number of benzene rings is 2. The van der Waals surface area contributed by atoms with E-state index >= 15 is 0 Å². The van der Waals surface area contributed by atoms with Gasteiger partial charge in [-0.1, -0.05) is 64.1 Å². The summed E-state index contributed by atoms with van der Waals surface area (Å²) in [6.07, 6.45) is 6.22. The molecule has 0 radical (unpaired) electrons. The van der Waals surface area contributed by atoms with Crippen LogP contribution in [-0.2, 0) is 12.8 Å². The summed E-state index contributed by atoms with van der Waals surface area (Å²) in [7, 11) is 0. The number of thiophene rings is 2. The quantitative estimate of drug-likeness (QED) is 0.169. The van der Waals surface area contributed by atoms with Crippen LogP contribution in [0.2, 0.25) is 0 Å². The molecule has 2 aromatic carbocycles. The van der Waals surface area contributed by atoms with Crippen LogP contribution in [0.1, 0.15) is 51.0 Å². The zero-order valence-electron chi connectivity index (χ0n) is 23.2. The fourth-order valence-corrected chi connectivity index (χ4v) is 7.95. The first-order valence-corrected chi connectivity index (χ1v) is 16.2. The van der Waals surface area contributed by atoms with Crippen molar-refractivity contribution in [2.75, 3.05) is 0 Å². The van der Waals surface area contributed by atoms with E-state index in [-0.39, 0.29) is 5.82 Å². The summed E-state index contributed by atoms with van der Waals surface area (Å²) in [4.78, 5) is 7.46. The van der Waals surface area contributed by atoms with E-state index in [0.29, 0.717) is 17.4 Å². The molecule has 204 valence electrons. The third-order valence-corrected chi connectivity index (χ3v) is 10.2. The van der Waals surface area contributed by atoms with Crippen molar-refractivity contribution in [1.82, 2.24) is 13.7 Å². The lowest BCUT2D eigenvalue weighted by Crippen LogP contribution is -1.94. The highest BCUT2D eigenvalue weighted by molar-refractivity contribution is 7.29. The van der Waals surface area contributed by atoms with E-state index < -0.39 is 0 Å². The Morgan fingerprint density at radius 3 is 2.10 bits per heavy atom. The molecule has 0 saturated carbocycles. The average molecular weight is 586 g/mol. The summed E-state index contributed by atoms with van der Waals surface area (Å²) in [5.74, 6) is 1.15. The second-order valence-corrected chi connectivity index (χ2v) is 14.1. The highest BCUT2D eigenvalue weighted by Gasteiger charge is 2.18. The molecular formula is C33H32FN3S3. The molecule has 4 heterocycles. The van der Waals surface area contributed by atoms with Crippen molar-refractivity contribution in [3.8, 4) is 32.8 Å². The van der Waals surface area contributed by atoms with E-state index in [1.165, 1.54) is 32.4 Å². The summed E-state index contributed by atoms with van der Waals surface area (Å²) in [6.45, 7) is 8.94. The van der Waals surface area contributed by atoms with E-state index in [1.807, 2.05) is 53.9 Å². The number of hydrogen-bond acceptors (Lipinski definition) is 6. The Hall–Kier alpha value is -3.00. The molecule has 0 aliphatic carbocycles. The summed E-state index contributed by atoms with van der Waals surface area (Å²) in [6, 6.07) is 18.2. The normalized spacial score (nSPS) is 12.0. The summed E-state index contributed by atoms with van der Waals surface area (Å²) in [5.41, 5.74) is 7.06. The predicted octanol–water partition coefficient (Wildman–Crippen LogP) is 10.7. The van der Waals surface area contributed by atoms with Crippen molar-refractivity contribution in [3.05, 3.63) is 77.1 Å². The molecule has 0 spiro atoms. The lowest BCUT2D eigenvalue weighted by atomic mass is 9.97. The van der Waals surface area contributed by atoms with Crippen molar-refractivity contribution in [2.45, 2.75) is 53.4 Å². The van der Waals surface area contributed by atoms with Gasteiger partial charge in [-0.2, -0.15) is 8.75 Å². The van der Waals surface area contributed by atoms with Gasteiger partial charge in [-0.3, -0.25) is 4.98 Å². The van der Waals surface area contributed by atoms with Gasteiger partial charge in [0.05, 0.1) is 16.6 Å². The first-order valence-electron chi connectivity index (χ1n) is 13.9. The number of aromatic nitrogens is 3. The molecular weight excluding hydrogens is 554 g/mol. The third kappa shape index (κ3) is 5.60. The van der Waals surface area contributed by atoms with Gasteiger partial charge in [-0.25, -0.2) is 4.39 Å². The number of nitrogens with zero attached hydrogens (tertiary/aromatic N) is 3. The van der Waals surface area contributed by atoms with Crippen molar-refractivity contribution < 1.29 is 4.39 Å². The molecule has 0 unspecified atom stereocenters. The molecule has 6 rings (SSSR count). The van der Waals surface area contributed by atoms with Crippen molar-refractivity contribution in [3.63, 3.8) is 0 Å². The third-order valence-electron chi connectivity index (χ3n) is 7.30. The Kier molecular flexibility index (Phi) is 7.80. The van der Waals surface area contributed by atoms with E-state index in [0.717, 1.165) is 63.1 Å². The molecule has 0 fully saturated rings. The predicted molar refractivity (Wildman–Crippen MR) is 171 cm³/mol. The van der Waals surface area contributed by atoms with Crippen molar-refractivity contribution in [2.24, 2.45) is 11.8 Å². The van der Waals surface area contributed by atoms with Crippen LogP contribution in [0.25, 0.3) is 53.3 Å². The van der Waals surface area contributed by atoms with Crippen LogP contribution in [0.3, 0.4) is 0 Å². The number of aryl methyl sites for hydroxylation is 2. The maximum Gasteiger partial charge on any atom is 0.132 e. The average Bonchev–Trinajstić information content (AvgIpc) is 3.66. The van der Waals surface area contributed by atoms with Crippen LogP contribution in [0.15, 0.2) is 60.8 Å². The van der Waals surface area contributed by atoms with Gasteiger partial charge >= 0.3 is 0 Å². The molecule has 4 aromatic heterocycles. The molecule has 3 nitrogen and oxygen atoms in total. The molecule has 0 atom stereocenters. The summed E-state index contributed by atoms with van der Waals surface area (Å²) in [5, 5.41) is 0. The first-order chi connectivity index (χ1) is 19.4. The van der Waals surface area contributed by atoms with Crippen LogP contribution in [0.5, 0.6) is 0 Å². The maximum absolute atomic E-state index is 15.0. The molecule has 40 heavy (non-hydrogen) atoms. The monoisotopic (exact) mass is 585 g/mol. The molecule has 0 saturated heterocycles. The SMILES string of the molecule is CC(C)CCc1ccc(-c2ccc(-c3cnc(-c4cc5sc(CCC(C)C)cc5s4)c4nsnc34)cc2)c(F)c1. The molecule has 0 aliphatic rings. The van der Waals surface area contributed by atoms with E-state index in [4.69, 9.17) is 4.98 Å². The lowest BCUT2D eigenvalue weighted by molar-refractivity contribution is 0.582. The number of fused-ring (bicyclic) bond motifs is 2. The Bertz CT molecular complexity index is 1750. The summed E-state index contributed by atoms with van der Waals surface area (Å²) < 4.78 is 26.9. The van der Waals surface area contributed by atoms with E-state index in [2.05, 4.69) is 48.6 Å². The number of halogens is 1. The molecule has 0 N–H and O–H groups in total. The lowest BCUT2D eigenvalue weighted by Gasteiger charge is -2.09. The molecule has 6 aromatic rings. The topological polar surface area (TPSA) is 38.7 Å². The highest BCUT2D eigenvalue weighted by Crippen LogP contribution is 2.41. The Balaban J connectivity index is 1.26. The molecule has 0 aliphatic heterocycles. The largest absolute Gasteiger partial charge is 0.252 e. The fourth-order valence-electron chi connectivity index (χ4n) is 4.95. The van der Waals surface area contributed by atoms with Gasteiger partial charge in [0.25, 0.3) is 0 Å². The van der Waals surface area contributed by atoms with Crippen LogP contribution in [0, 0.1) is 17.7 Å². The summed E-state index contributed by atoms with van der Waals surface area (Å²) >= 11 is 4.89. The molecule has 7 heteroatoms. The van der Waals surface area contributed by atoms with Gasteiger partial charge in [-0.15, -0.1) is 22.7 Å². The minimum atomic E-state index is -0.172. The first kappa shape index (κ1) is 27.2. The fraction of sp³-hybridized carbons (Fsp3) is 0.303. The van der Waals surface area contributed by atoms with Crippen molar-refractivity contribution >= 4 is 54.8 Å². The van der Waals surface area contributed by atoms with Gasteiger partial charge in [0.15, 0.2) is 0 Å². The second kappa shape index (κ2) is 11.5. The zero-order chi connectivity index (χ0) is 27.8. The van der Waals surface area contributed by atoms with Crippen molar-refractivity contribution in [1.29, 1.82) is 0 Å². The van der Waals surface area contributed by atoms with Crippen LogP contribution < -0.4 is 0 Å². The highest BCUT2D eigenvalue weighted by atomic mass is 32.1. The Labute approximate surface area is 247 Å². The van der Waals surface area contributed by atoms with Crippen LogP contribution in [-0.4, -0.2) is 13.7 Å². The van der Waals surface area contributed by atoms with Crippen LogP contribution >= 0.6 is 34.4 Å². The Morgan fingerprint density at radius 1 is 0.725 bits per heavy atom. The standard InChI is InChI=1S/C33H32FN3S3/c1-19(2)5-7-21-8-14-25(27(34)15-21)22-9-11-23(12-10-22)26-18-35-32(33-31(26)36-40-37-33)30-17-29-28(39-30)16-24(38-29)13-6-20(3)4/h8-12,14-20H,5-7,13H2,1-4H3. The van der Waals surface area contributed by atoms with Gasteiger partial charge < -0.3 is 0 Å². The van der Waals surface area contributed by atoms with E-state index in [1.54, 1.807) is 17.4 Å². The second-order valence-electron chi connectivity index (χ2n) is 11.3. The number of hydrogen-bond donors (Lipinski definition) is 0. The minimum absolute atomic E-state index is 0.172. The molecule has 0 amide bonds. The van der Waals surface area contributed by atoms with Gasteiger partial charge in [0.1, 0.15) is 22.5 Å². The maximum atomic E-state index is 15.0. The number of pyridine rings is 1. The van der Waals surface area contributed by atoms with Gasteiger partial charge in [0, 0.05) is 31.6 Å².